The van der Waals surface area contributed by atoms with Crippen LogP contribution in [0, 0.1) is 0 Å². The molecule has 0 aliphatic rings. The van der Waals surface area contributed by atoms with E-state index in [0.29, 0.717) is 22.0 Å². The SMILES string of the molecule is Nc1ncnc2nn(-c3ccccc3)c(Cl)c12. The molecule has 3 rings (SSSR count). The van der Waals surface area contributed by atoms with Crippen LogP contribution in [0.4, 0.5) is 5.82 Å². The summed E-state index contributed by atoms with van der Waals surface area (Å²) in [6.07, 6.45) is 1.37. The van der Waals surface area contributed by atoms with E-state index in [2.05, 4.69) is 15.1 Å². The standard InChI is InChI=1S/C11H8ClN5/c12-9-8-10(13)14-6-15-11(8)16-17(9)7-4-2-1-3-5-7/h1-6H,(H2,13,14,15,16). The molecule has 3 aromatic rings. The van der Waals surface area contributed by atoms with Gasteiger partial charge in [-0.2, -0.15) is 0 Å². The summed E-state index contributed by atoms with van der Waals surface area (Å²) in [6.45, 7) is 0. The molecule has 17 heavy (non-hydrogen) atoms. The van der Waals surface area contributed by atoms with E-state index < -0.39 is 0 Å². The number of hydrogen-bond acceptors (Lipinski definition) is 4. The first-order valence-electron chi connectivity index (χ1n) is 4.97. The summed E-state index contributed by atoms with van der Waals surface area (Å²) in [4.78, 5) is 7.95. The molecule has 6 heteroatoms. The number of hydrogen-bond donors (Lipinski definition) is 1. The summed E-state index contributed by atoms with van der Waals surface area (Å²) in [5.41, 5.74) is 7.11. The van der Waals surface area contributed by atoms with Crippen LogP contribution in [0.2, 0.25) is 5.15 Å². The Morgan fingerprint density at radius 2 is 1.88 bits per heavy atom. The minimum absolute atomic E-state index is 0.335. The molecule has 0 aliphatic carbocycles. The molecule has 0 atom stereocenters. The lowest BCUT2D eigenvalue weighted by atomic mass is 10.3. The van der Waals surface area contributed by atoms with Crippen LogP contribution in [0.25, 0.3) is 16.7 Å². The number of rotatable bonds is 1. The number of para-hydroxylation sites is 1. The largest absolute Gasteiger partial charge is 0.383 e. The maximum atomic E-state index is 6.24. The molecule has 0 amide bonds. The number of nitrogens with zero attached hydrogens (tertiary/aromatic N) is 4. The van der Waals surface area contributed by atoms with E-state index in [4.69, 9.17) is 17.3 Å². The van der Waals surface area contributed by atoms with Crippen molar-refractivity contribution >= 4 is 28.5 Å². The van der Waals surface area contributed by atoms with E-state index >= 15 is 0 Å². The van der Waals surface area contributed by atoms with E-state index in [1.54, 1.807) is 4.68 Å². The molecule has 5 nitrogen and oxygen atoms in total. The molecule has 0 bridgehead atoms. The van der Waals surface area contributed by atoms with Crippen LogP contribution in [0.3, 0.4) is 0 Å². The average Bonchev–Trinajstić information content (AvgIpc) is 2.69. The lowest BCUT2D eigenvalue weighted by Gasteiger charge is -2.01. The van der Waals surface area contributed by atoms with Gasteiger partial charge in [-0.15, -0.1) is 5.10 Å². The van der Waals surface area contributed by atoms with Crippen LogP contribution in [0.15, 0.2) is 36.7 Å². The number of benzene rings is 1. The van der Waals surface area contributed by atoms with E-state index in [-0.39, 0.29) is 0 Å². The number of anilines is 1. The van der Waals surface area contributed by atoms with Crippen LogP contribution >= 0.6 is 11.6 Å². The molecule has 0 unspecified atom stereocenters. The third-order valence-electron chi connectivity index (χ3n) is 2.44. The molecule has 1 aromatic carbocycles. The first kappa shape index (κ1) is 10.0. The highest BCUT2D eigenvalue weighted by Gasteiger charge is 2.14. The quantitative estimate of drug-likeness (QED) is 0.712. The zero-order chi connectivity index (χ0) is 11.8. The van der Waals surface area contributed by atoms with Crippen LogP contribution < -0.4 is 5.73 Å². The Kier molecular flexibility index (Phi) is 2.19. The molecule has 2 N–H and O–H groups in total. The predicted octanol–water partition coefficient (Wildman–Crippen LogP) is 2.05. The van der Waals surface area contributed by atoms with E-state index in [9.17, 15) is 0 Å². The molecule has 2 aromatic heterocycles. The summed E-state index contributed by atoms with van der Waals surface area (Å²) in [7, 11) is 0. The van der Waals surface area contributed by atoms with Gasteiger partial charge in [0.15, 0.2) is 5.65 Å². The van der Waals surface area contributed by atoms with Gasteiger partial charge >= 0.3 is 0 Å². The Morgan fingerprint density at radius 1 is 1.12 bits per heavy atom. The highest BCUT2D eigenvalue weighted by molar-refractivity contribution is 6.35. The van der Waals surface area contributed by atoms with Gasteiger partial charge in [-0.25, -0.2) is 14.6 Å². The zero-order valence-electron chi connectivity index (χ0n) is 8.71. The van der Waals surface area contributed by atoms with Crippen LogP contribution in [-0.2, 0) is 0 Å². The van der Waals surface area contributed by atoms with Crippen LogP contribution in [0.1, 0.15) is 0 Å². The summed E-state index contributed by atoms with van der Waals surface area (Å²) in [5, 5.41) is 5.30. The summed E-state index contributed by atoms with van der Waals surface area (Å²) in [6, 6.07) is 9.55. The fourth-order valence-electron chi connectivity index (χ4n) is 1.65. The Balaban J connectivity index is 2.33. The van der Waals surface area contributed by atoms with Crippen molar-refractivity contribution in [2.75, 3.05) is 5.73 Å². The second kappa shape index (κ2) is 3.71. The van der Waals surface area contributed by atoms with Crippen molar-refractivity contribution < 1.29 is 0 Å². The Bertz CT molecular complexity index is 677. The molecular formula is C11H8ClN5. The fourth-order valence-corrected chi connectivity index (χ4v) is 1.96. The summed E-state index contributed by atoms with van der Waals surface area (Å²) < 4.78 is 1.59. The van der Waals surface area contributed by atoms with E-state index in [1.165, 1.54) is 6.33 Å². The molecule has 2 heterocycles. The van der Waals surface area contributed by atoms with Crippen molar-refractivity contribution in [3.05, 3.63) is 41.8 Å². The fraction of sp³-hybridized carbons (Fsp3) is 0. The van der Waals surface area contributed by atoms with Gasteiger partial charge in [-0.3, -0.25) is 0 Å². The van der Waals surface area contributed by atoms with Crippen molar-refractivity contribution in [2.45, 2.75) is 0 Å². The lowest BCUT2D eigenvalue weighted by molar-refractivity contribution is 0.890. The second-order valence-electron chi connectivity index (χ2n) is 3.50. The Hall–Kier alpha value is -2.14. The number of aromatic nitrogens is 4. The topological polar surface area (TPSA) is 69.6 Å². The second-order valence-corrected chi connectivity index (χ2v) is 3.85. The molecule has 0 aliphatic heterocycles. The maximum absolute atomic E-state index is 6.24. The minimum Gasteiger partial charge on any atom is -0.383 e. The Labute approximate surface area is 102 Å². The first-order chi connectivity index (χ1) is 8.27. The number of nitrogens with two attached hydrogens (primary N) is 1. The zero-order valence-corrected chi connectivity index (χ0v) is 9.46. The molecule has 0 fully saturated rings. The van der Waals surface area contributed by atoms with Gasteiger partial charge in [0.25, 0.3) is 0 Å². The average molecular weight is 246 g/mol. The predicted molar refractivity (Wildman–Crippen MR) is 66.1 cm³/mol. The van der Waals surface area contributed by atoms with Gasteiger partial charge in [0.2, 0.25) is 0 Å². The third-order valence-corrected chi connectivity index (χ3v) is 2.79. The molecule has 0 saturated carbocycles. The lowest BCUT2D eigenvalue weighted by Crippen LogP contribution is -1.95. The van der Waals surface area contributed by atoms with Gasteiger partial charge in [-0.1, -0.05) is 29.8 Å². The molecule has 0 spiro atoms. The summed E-state index contributed by atoms with van der Waals surface area (Å²) >= 11 is 6.24. The first-order valence-corrected chi connectivity index (χ1v) is 5.35. The van der Waals surface area contributed by atoms with E-state index in [0.717, 1.165) is 5.69 Å². The van der Waals surface area contributed by atoms with Crippen LogP contribution in [-0.4, -0.2) is 19.7 Å². The minimum atomic E-state index is 0.335. The van der Waals surface area contributed by atoms with Crippen molar-refractivity contribution in [3.63, 3.8) is 0 Å². The third kappa shape index (κ3) is 1.52. The smallest absolute Gasteiger partial charge is 0.188 e. The Morgan fingerprint density at radius 3 is 2.59 bits per heavy atom. The maximum Gasteiger partial charge on any atom is 0.188 e. The van der Waals surface area contributed by atoms with Crippen molar-refractivity contribution in [1.82, 2.24) is 19.7 Å². The normalized spacial score (nSPS) is 10.9. The van der Waals surface area contributed by atoms with Crippen molar-refractivity contribution in [1.29, 1.82) is 0 Å². The van der Waals surface area contributed by atoms with Gasteiger partial charge in [-0.05, 0) is 12.1 Å². The summed E-state index contributed by atoms with van der Waals surface area (Å²) in [5.74, 6) is 0.335. The van der Waals surface area contributed by atoms with Gasteiger partial charge in [0, 0.05) is 0 Å². The van der Waals surface area contributed by atoms with Crippen molar-refractivity contribution in [3.8, 4) is 5.69 Å². The highest BCUT2D eigenvalue weighted by atomic mass is 35.5. The molecule has 84 valence electrons. The van der Waals surface area contributed by atoms with E-state index in [1.807, 2.05) is 30.3 Å². The number of halogens is 1. The molecule has 0 radical (unpaired) electrons. The number of fused-ring (bicyclic) bond motifs is 1. The van der Waals surface area contributed by atoms with Gasteiger partial charge < -0.3 is 5.73 Å². The molecule has 0 saturated heterocycles. The van der Waals surface area contributed by atoms with Gasteiger partial charge in [0.1, 0.15) is 22.7 Å². The van der Waals surface area contributed by atoms with Crippen molar-refractivity contribution in [2.24, 2.45) is 0 Å². The monoisotopic (exact) mass is 245 g/mol. The van der Waals surface area contributed by atoms with Crippen LogP contribution in [0.5, 0.6) is 0 Å². The number of nitrogen functional groups attached to an aromatic ring is 1. The molecular weight excluding hydrogens is 238 g/mol. The van der Waals surface area contributed by atoms with Gasteiger partial charge in [0.05, 0.1) is 5.69 Å². The highest BCUT2D eigenvalue weighted by Crippen LogP contribution is 2.27.